The predicted octanol–water partition coefficient (Wildman–Crippen LogP) is 6.29. The number of allylic oxidation sites excluding steroid dienone is 4. The first-order valence-corrected chi connectivity index (χ1v) is 11.6. The minimum Gasteiger partial charge on any atom is -0.498 e. The molecule has 3 rings (SSSR count). The second-order valence-electron chi connectivity index (χ2n) is 7.78. The van der Waals surface area contributed by atoms with Crippen LogP contribution in [-0.4, -0.2) is 29.9 Å². The van der Waals surface area contributed by atoms with Crippen molar-refractivity contribution >= 4 is 5.97 Å². The van der Waals surface area contributed by atoms with E-state index < -0.39 is 17.7 Å². The molecule has 0 saturated heterocycles. The lowest BCUT2D eigenvalue weighted by Gasteiger charge is -2.09. The molecule has 0 radical (unpaired) electrons. The van der Waals surface area contributed by atoms with Crippen molar-refractivity contribution in [3.8, 4) is 17.6 Å². The number of unbranched alkanes of at least 4 members (excludes halogenated alkanes) is 1. The highest BCUT2D eigenvalue weighted by Crippen LogP contribution is 2.30. The van der Waals surface area contributed by atoms with E-state index in [1.54, 1.807) is 18.2 Å². The van der Waals surface area contributed by atoms with Crippen LogP contribution in [0.5, 0.6) is 5.75 Å². The maximum absolute atomic E-state index is 12.7. The molecule has 0 amide bonds. The maximum atomic E-state index is 12.7. The van der Waals surface area contributed by atoms with Gasteiger partial charge in [-0.25, -0.2) is 0 Å². The van der Waals surface area contributed by atoms with E-state index >= 15 is 0 Å². The van der Waals surface area contributed by atoms with Crippen LogP contribution in [0, 0.1) is 11.8 Å². The number of carboxylic acid groups (broad SMARTS) is 1. The Labute approximate surface area is 214 Å². The SMILES string of the molecule is CO.O=C(O)CCc1ccc(C#CCCCOC2=CC=C(Oc3ccc(C(F)(F)F)cc3)C=CC2)cc1. The van der Waals surface area contributed by atoms with Crippen molar-refractivity contribution in [2.24, 2.45) is 0 Å². The molecule has 1 aliphatic carbocycles. The number of aryl methyl sites for hydroxylation is 1. The Morgan fingerprint density at radius 1 is 1.03 bits per heavy atom. The van der Waals surface area contributed by atoms with E-state index in [1.165, 1.54) is 12.1 Å². The van der Waals surface area contributed by atoms with Crippen molar-refractivity contribution in [2.75, 3.05) is 13.7 Å². The number of benzene rings is 2. The molecule has 1 aliphatic rings. The largest absolute Gasteiger partial charge is 0.498 e. The van der Waals surface area contributed by atoms with Crippen LogP contribution >= 0.6 is 0 Å². The topological polar surface area (TPSA) is 76.0 Å². The zero-order valence-corrected chi connectivity index (χ0v) is 20.4. The van der Waals surface area contributed by atoms with Crippen LogP contribution in [0.2, 0.25) is 0 Å². The smallest absolute Gasteiger partial charge is 0.416 e. The lowest BCUT2D eigenvalue weighted by molar-refractivity contribution is -0.138. The summed E-state index contributed by atoms with van der Waals surface area (Å²) in [5.41, 5.74) is 1.13. The number of carbonyl (C=O) groups is 1. The van der Waals surface area contributed by atoms with Crippen LogP contribution in [0.4, 0.5) is 13.2 Å². The summed E-state index contributed by atoms with van der Waals surface area (Å²) in [5, 5.41) is 15.7. The first-order valence-electron chi connectivity index (χ1n) is 11.6. The molecule has 0 heterocycles. The zero-order chi connectivity index (χ0) is 27.1. The molecule has 2 aromatic carbocycles. The maximum Gasteiger partial charge on any atom is 0.416 e. The van der Waals surface area contributed by atoms with Gasteiger partial charge in [0.1, 0.15) is 11.5 Å². The molecule has 0 aromatic heterocycles. The monoisotopic (exact) mass is 514 g/mol. The molecule has 0 bridgehead atoms. The summed E-state index contributed by atoms with van der Waals surface area (Å²) in [6.45, 7) is 0.505. The van der Waals surface area contributed by atoms with Crippen LogP contribution in [0.15, 0.2) is 84.4 Å². The van der Waals surface area contributed by atoms with E-state index in [-0.39, 0.29) is 6.42 Å². The lowest BCUT2D eigenvalue weighted by Crippen LogP contribution is -2.04. The number of hydrogen-bond donors (Lipinski definition) is 2. The molecule has 0 fully saturated rings. The summed E-state index contributed by atoms with van der Waals surface area (Å²) in [6.07, 6.45) is 5.37. The average molecular weight is 515 g/mol. The van der Waals surface area contributed by atoms with E-state index in [2.05, 4.69) is 11.8 Å². The summed E-state index contributed by atoms with van der Waals surface area (Å²) in [5.74, 6) is 6.97. The summed E-state index contributed by atoms with van der Waals surface area (Å²) in [7, 11) is 1.00. The highest BCUT2D eigenvalue weighted by Gasteiger charge is 2.30. The summed E-state index contributed by atoms with van der Waals surface area (Å²) < 4.78 is 49.5. The molecule has 196 valence electrons. The quantitative estimate of drug-likeness (QED) is 0.304. The van der Waals surface area contributed by atoms with Crippen LogP contribution in [-0.2, 0) is 22.1 Å². The molecule has 0 saturated carbocycles. The minimum absolute atomic E-state index is 0.112. The first-order chi connectivity index (χ1) is 17.8. The van der Waals surface area contributed by atoms with Crippen molar-refractivity contribution in [2.45, 2.75) is 38.3 Å². The van der Waals surface area contributed by atoms with Crippen molar-refractivity contribution in [3.63, 3.8) is 0 Å². The van der Waals surface area contributed by atoms with Crippen molar-refractivity contribution in [1.82, 2.24) is 0 Å². The van der Waals surface area contributed by atoms with Gasteiger partial charge in [-0.1, -0.05) is 30.0 Å². The molecule has 0 aliphatic heterocycles. The van der Waals surface area contributed by atoms with Crippen molar-refractivity contribution < 1.29 is 37.7 Å². The third kappa shape index (κ3) is 11.1. The molecule has 2 aromatic rings. The van der Waals surface area contributed by atoms with Gasteiger partial charge >= 0.3 is 12.1 Å². The molecule has 37 heavy (non-hydrogen) atoms. The zero-order valence-electron chi connectivity index (χ0n) is 20.4. The number of carboxylic acids is 1. The number of aliphatic hydroxyl groups excluding tert-OH is 1. The predicted molar refractivity (Wildman–Crippen MR) is 135 cm³/mol. The van der Waals surface area contributed by atoms with E-state index in [1.807, 2.05) is 30.3 Å². The normalized spacial score (nSPS) is 12.6. The molecular weight excluding hydrogens is 485 g/mol. The third-order valence-corrected chi connectivity index (χ3v) is 5.00. The Morgan fingerprint density at radius 3 is 2.38 bits per heavy atom. The number of rotatable bonds is 9. The van der Waals surface area contributed by atoms with Gasteiger partial charge in [0.25, 0.3) is 0 Å². The van der Waals surface area contributed by atoms with Gasteiger partial charge in [0.05, 0.1) is 17.9 Å². The Bertz CT molecular complexity index is 1150. The Balaban J connectivity index is 0.00000235. The summed E-state index contributed by atoms with van der Waals surface area (Å²) in [6, 6.07) is 12.1. The van der Waals surface area contributed by atoms with Gasteiger partial charge in [-0.05, 0) is 73.0 Å². The first kappa shape index (κ1) is 29.3. The van der Waals surface area contributed by atoms with Crippen LogP contribution < -0.4 is 4.74 Å². The number of aliphatic hydroxyl groups is 1. The molecule has 2 N–H and O–H groups in total. The Hall–Kier alpha value is -3.96. The fourth-order valence-electron chi connectivity index (χ4n) is 3.15. The number of alkyl halides is 3. The molecule has 0 atom stereocenters. The Morgan fingerprint density at radius 2 is 1.73 bits per heavy atom. The van der Waals surface area contributed by atoms with Crippen LogP contribution in [0.1, 0.15) is 42.4 Å². The van der Waals surface area contributed by atoms with E-state index in [0.29, 0.717) is 37.4 Å². The standard InChI is InChI=1S/C28H25F3O4.CH4O/c29-28(30,31)23-13-15-26(16-14-23)35-25-7-4-6-24(17-18-25)34-20-3-1-2-5-21-8-10-22(11-9-21)12-19-27(32)33;1-2/h4,7-11,13-18H,1,3,6,12,19-20H2,(H,32,33);2H,1H3. The fourth-order valence-corrected chi connectivity index (χ4v) is 3.15. The average Bonchev–Trinajstić information content (AvgIpc) is 3.11. The number of ether oxygens (including phenoxy) is 2. The second-order valence-corrected chi connectivity index (χ2v) is 7.78. The highest BCUT2D eigenvalue weighted by atomic mass is 19.4. The van der Waals surface area contributed by atoms with Gasteiger partial charge in [0.15, 0.2) is 0 Å². The number of hydrogen-bond acceptors (Lipinski definition) is 4. The lowest BCUT2D eigenvalue weighted by atomic mass is 10.1. The van der Waals surface area contributed by atoms with Gasteiger partial charge in [0.2, 0.25) is 0 Å². The molecule has 0 unspecified atom stereocenters. The van der Waals surface area contributed by atoms with E-state index in [0.717, 1.165) is 42.5 Å². The number of aliphatic carboxylic acids is 1. The van der Waals surface area contributed by atoms with E-state index in [9.17, 15) is 18.0 Å². The molecular formula is C29H29F3O5. The molecule has 8 heteroatoms. The molecule has 5 nitrogen and oxygen atoms in total. The molecule has 0 spiro atoms. The van der Waals surface area contributed by atoms with Crippen molar-refractivity contribution in [3.05, 3.63) is 101 Å². The third-order valence-electron chi connectivity index (χ3n) is 5.00. The second kappa shape index (κ2) is 15.2. The van der Waals surface area contributed by atoms with Gasteiger partial charge in [-0.3, -0.25) is 4.79 Å². The van der Waals surface area contributed by atoms with Gasteiger partial charge in [-0.2, -0.15) is 13.2 Å². The number of halogens is 3. The van der Waals surface area contributed by atoms with E-state index in [4.69, 9.17) is 19.7 Å². The summed E-state index contributed by atoms with van der Waals surface area (Å²) in [4.78, 5) is 10.6. The van der Waals surface area contributed by atoms with Crippen LogP contribution in [0.3, 0.4) is 0 Å². The summed E-state index contributed by atoms with van der Waals surface area (Å²) >= 11 is 0. The van der Waals surface area contributed by atoms with Gasteiger partial charge in [-0.15, -0.1) is 0 Å². The highest BCUT2D eigenvalue weighted by molar-refractivity contribution is 5.67. The van der Waals surface area contributed by atoms with Gasteiger partial charge in [0, 0.05) is 31.9 Å². The van der Waals surface area contributed by atoms with Gasteiger partial charge < -0.3 is 19.7 Å². The minimum atomic E-state index is -4.38. The van der Waals surface area contributed by atoms with Crippen LogP contribution in [0.25, 0.3) is 0 Å². The van der Waals surface area contributed by atoms with Crippen molar-refractivity contribution in [1.29, 1.82) is 0 Å². The Kier molecular flexibility index (Phi) is 12.0. The fraction of sp³-hybridized carbons (Fsp3) is 0.276.